The molecule has 2 aliphatic rings. The highest BCUT2D eigenvalue weighted by atomic mass is 16.5. The van der Waals surface area contributed by atoms with Crippen molar-refractivity contribution in [3.8, 4) is 0 Å². The maximum absolute atomic E-state index is 5.76. The molecule has 2 rings (SSSR count). The first-order valence-electron chi connectivity index (χ1n) is 8.48. The van der Waals surface area contributed by atoms with Gasteiger partial charge < -0.3 is 10.1 Å². The zero-order valence-corrected chi connectivity index (χ0v) is 14.9. The fourth-order valence-corrected chi connectivity index (χ4v) is 3.54. The van der Waals surface area contributed by atoms with E-state index in [1.165, 1.54) is 26.1 Å². The van der Waals surface area contributed by atoms with E-state index in [2.05, 4.69) is 56.8 Å². The Bertz CT molecular complexity index is 321. The molecule has 2 saturated heterocycles. The number of hydrogen-bond acceptors (Lipinski definition) is 4. The molecule has 3 atom stereocenters. The van der Waals surface area contributed by atoms with Crippen LogP contribution in [0, 0.1) is 5.41 Å². The van der Waals surface area contributed by atoms with Crippen molar-refractivity contribution in [2.24, 2.45) is 5.41 Å². The van der Waals surface area contributed by atoms with Gasteiger partial charge in [0.25, 0.3) is 0 Å². The lowest BCUT2D eigenvalue weighted by molar-refractivity contribution is 0.0252. The van der Waals surface area contributed by atoms with E-state index in [9.17, 15) is 0 Å². The van der Waals surface area contributed by atoms with Crippen LogP contribution in [0.25, 0.3) is 0 Å². The van der Waals surface area contributed by atoms with E-state index in [-0.39, 0.29) is 5.54 Å². The summed E-state index contributed by atoms with van der Waals surface area (Å²) in [6.45, 7) is 17.8. The molecule has 0 aliphatic carbocycles. The van der Waals surface area contributed by atoms with Crippen LogP contribution in [0.15, 0.2) is 0 Å². The molecule has 21 heavy (non-hydrogen) atoms. The summed E-state index contributed by atoms with van der Waals surface area (Å²) in [6, 6.07) is 1.28. The minimum absolute atomic E-state index is 0.179. The Balaban J connectivity index is 1.96. The van der Waals surface area contributed by atoms with Crippen LogP contribution in [0.2, 0.25) is 0 Å². The maximum Gasteiger partial charge on any atom is 0.0547 e. The molecule has 0 spiro atoms. The van der Waals surface area contributed by atoms with E-state index < -0.39 is 0 Å². The number of ether oxygens (including phenoxy) is 1. The van der Waals surface area contributed by atoms with Crippen LogP contribution in [0.4, 0.5) is 0 Å². The molecule has 4 nitrogen and oxygen atoms in total. The van der Waals surface area contributed by atoms with E-state index in [1.54, 1.807) is 0 Å². The third-order valence-electron chi connectivity index (χ3n) is 5.17. The average Bonchev–Trinajstić information content (AvgIpc) is 2.82. The Morgan fingerprint density at radius 2 is 1.81 bits per heavy atom. The second-order valence-electron chi connectivity index (χ2n) is 8.46. The Morgan fingerprint density at radius 1 is 1.19 bits per heavy atom. The molecule has 2 aliphatic heterocycles. The number of likely N-dealkylation sites (N-methyl/N-ethyl adjacent to an activating group) is 1. The number of hydrogen-bond donors (Lipinski definition) is 1. The standard InChI is InChI=1S/C17H35N3O/c1-14-9-20(10-15(2)19(14)6)12-17(7-8-21-13-17)11-18-16(3,4)5/h14-15,18H,7-13H2,1-6H3. The van der Waals surface area contributed by atoms with E-state index >= 15 is 0 Å². The third-order valence-corrected chi connectivity index (χ3v) is 5.17. The minimum Gasteiger partial charge on any atom is -0.381 e. The van der Waals surface area contributed by atoms with Gasteiger partial charge in [0, 0.05) is 55.8 Å². The predicted octanol–water partition coefficient (Wildman–Crippen LogP) is 1.81. The zero-order valence-electron chi connectivity index (χ0n) is 14.9. The summed E-state index contributed by atoms with van der Waals surface area (Å²) in [5.41, 5.74) is 0.473. The molecule has 124 valence electrons. The molecular formula is C17H35N3O. The molecule has 0 saturated carbocycles. The van der Waals surface area contributed by atoms with Gasteiger partial charge in [0.2, 0.25) is 0 Å². The van der Waals surface area contributed by atoms with Crippen LogP contribution in [0.5, 0.6) is 0 Å². The van der Waals surface area contributed by atoms with Gasteiger partial charge in [-0.1, -0.05) is 0 Å². The van der Waals surface area contributed by atoms with Crippen molar-refractivity contribution in [2.45, 2.75) is 58.7 Å². The fraction of sp³-hybridized carbons (Fsp3) is 1.00. The Labute approximate surface area is 131 Å². The number of piperazine rings is 1. The van der Waals surface area contributed by atoms with Crippen molar-refractivity contribution in [1.29, 1.82) is 0 Å². The predicted molar refractivity (Wildman–Crippen MR) is 88.8 cm³/mol. The first-order chi connectivity index (χ1) is 9.71. The molecule has 2 heterocycles. The zero-order chi connectivity index (χ0) is 15.7. The molecule has 0 aromatic heterocycles. The Hall–Kier alpha value is -0.160. The molecule has 0 radical (unpaired) electrons. The Morgan fingerprint density at radius 3 is 2.29 bits per heavy atom. The Kier molecular flexibility index (Phi) is 5.35. The van der Waals surface area contributed by atoms with Gasteiger partial charge in [-0.05, 0) is 48.1 Å². The largest absolute Gasteiger partial charge is 0.381 e. The van der Waals surface area contributed by atoms with Gasteiger partial charge in [-0.2, -0.15) is 0 Å². The summed E-state index contributed by atoms with van der Waals surface area (Å²) >= 11 is 0. The van der Waals surface area contributed by atoms with Crippen molar-refractivity contribution >= 4 is 0 Å². The van der Waals surface area contributed by atoms with Gasteiger partial charge in [0.05, 0.1) is 6.61 Å². The van der Waals surface area contributed by atoms with Crippen LogP contribution in [0.1, 0.15) is 41.0 Å². The molecule has 3 unspecified atom stereocenters. The second kappa shape index (κ2) is 6.53. The van der Waals surface area contributed by atoms with Crippen molar-refractivity contribution in [3.63, 3.8) is 0 Å². The summed E-state index contributed by atoms with van der Waals surface area (Å²) < 4.78 is 5.76. The van der Waals surface area contributed by atoms with E-state index in [1.807, 2.05) is 0 Å². The lowest BCUT2D eigenvalue weighted by Crippen LogP contribution is -2.58. The monoisotopic (exact) mass is 297 g/mol. The highest BCUT2D eigenvalue weighted by Crippen LogP contribution is 2.31. The summed E-state index contributed by atoms with van der Waals surface area (Å²) in [4.78, 5) is 5.16. The summed E-state index contributed by atoms with van der Waals surface area (Å²) in [5, 5.41) is 3.71. The van der Waals surface area contributed by atoms with Crippen LogP contribution in [-0.2, 0) is 4.74 Å². The highest BCUT2D eigenvalue weighted by molar-refractivity contribution is 4.93. The quantitative estimate of drug-likeness (QED) is 0.856. The van der Waals surface area contributed by atoms with Gasteiger partial charge in [0.15, 0.2) is 0 Å². The number of nitrogens with one attached hydrogen (secondary N) is 1. The third kappa shape index (κ3) is 4.65. The first kappa shape index (κ1) is 17.2. The van der Waals surface area contributed by atoms with Crippen LogP contribution in [0.3, 0.4) is 0 Å². The summed E-state index contributed by atoms with van der Waals surface area (Å²) in [5.74, 6) is 0. The SMILES string of the molecule is CC1CN(CC2(CNC(C)(C)C)CCOC2)CC(C)N1C. The van der Waals surface area contributed by atoms with Crippen molar-refractivity contribution in [2.75, 3.05) is 46.4 Å². The van der Waals surface area contributed by atoms with Crippen molar-refractivity contribution < 1.29 is 4.74 Å². The molecule has 0 aromatic rings. The smallest absolute Gasteiger partial charge is 0.0547 e. The summed E-state index contributed by atoms with van der Waals surface area (Å²) in [7, 11) is 2.25. The van der Waals surface area contributed by atoms with Gasteiger partial charge in [-0.15, -0.1) is 0 Å². The highest BCUT2D eigenvalue weighted by Gasteiger charge is 2.39. The van der Waals surface area contributed by atoms with Crippen LogP contribution < -0.4 is 5.32 Å². The van der Waals surface area contributed by atoms with E-state index in [0.717, 1.165) is 19.8 Å². The van der Waals surface area contributed by atoms with Gasteiger partial charge in [0.1, 0.15) is 0 Å². The normalized spacial score (nSPS) is 36.3. The summed E-state index contributed by atoms with van der Waals surface area (Å²) in [6.07, 6.45) is 1.19. The van der Waals surface area contributed by atoms with Crippen molar-refractivity contribution in [3.05, 3.63) is 0 Å². The van der Waals surface area contributed by atoms with Crippen molar-refractivity contribution in [1.82, 2.24) is 15.1 Å². The molecule has 0 aromatic carbocycles. The number of rotatable bonds is 4. The minimum atomic E-state index is 0.179. The van der Waals surface area contributed by atoms with E-state index in [4.69, 9.17) is 4.74 Å². The average molecular weight is 297 g/mol. The molecule has 2 fully saturated rings. The molecule has 0 bridgehead atoms. The second-order valence-corrected chi connectivity index (χ2v) is 8.46. The first-order valence-corrected chi connectivity index (χ1v) is 8.48. The molecular weight excluding hydrogens is 262 g/mol. The number of nitrogens with zero attached hydrogens (tertiary/aromatic N) is 2. The molecule has 1 N–H and O–H groups in total. The van der Waals surface area contributed by atoms with Gasteiger partial charge in [-0.25, -0.2) is 0 Å². The van der Waals surface area contributed by atoms with E-state index in [0.29, 0.717) is 17.5 Å². The van der Waals surface area contributed by atoms with Crippen LogP contribution in [-0.4, -0.2) is 73.9 Å². The molecule has 4 heteroatoms. The van der Waals surface area contributed by atoms with Crippen LogP contribution >= 0.6 is 0 Å². The fourth-order valence-electron chi connectivity index (χ4n) is 3.54. The van der Waals surface area contributed by atoms with Gasteiger partial charge >= 0.3 is 0 Å². The lowest BCUT2D eigenvalue weighted by atomic mass is 9.85. The van der Waals surface area contributed by atoms with Gasteiger partial charge in [-0.3, -0.25) is 9.80 Å². The molecule has 0 amide bonds. The topological polar surface area (TPSA) is 27.7 Å². The lowest BCUT2D eigenvalue weighted by Gasteiger charge is -2.45. The maximum atomic E-state index is 5.76.